The van der Waals surface area contributed by atoms with Crippen LogP contribution in [-0.4, -0.2) is 36.3 Å². The van der Waals surface area contributed by atoms with Gasteiger partial charge < -0.3 is 10.6 Å². The molecule has 1 unspecified atom stereocenters. The van der Waals surface area contributed by atoms with Crippen molar-refractivity contribution in [3.8, 4) is 11.1 Å². The molecular formula is C36H36F3N3O2. The third kappa shape index (κ3) is 7.37. The molecule has 5 nitrogen and oxygen atoms in total. The molecule has 4 aromatic carbocycles. The first-order valence-electron chi connectivity index (χ1n) is 15.0. The van der Waals surface area contributed by atoms with E-state index in [4.69, 9.17) is 0 Å². The fourth-order valence-corrected chi connectivity index (χ4v) is 5.81. The fraction of sp³-hybridized carbons (Fsp3) is 0.278. The van der Waals surface area contributed by atoms with Crippen molar-refractivity contribution in [2.24, 2.45) is 0 Å². The van der Waals surface area contributed by atoms with E-state index in [1.165, 1.54) is 17.7 Å². The summed E-state index contributed by atoms with van der Waals surface area (Å²) < 4.78 is 39.1. The van der Waals surface area contributed by atoms with Gasteiger partial charge in [0.15, 0.2) is 0 Å². The molecule has 2 N–H and O–H groups in total. The second kappa shape index (κ2) is 13.9. The number of nitrogens with zero attached hydrogens (tertiary/aromatic N) is 1. The number of nitrogens with one attached hydrogen (secondary N) is 2. The summed E-state index contributed by atoms with van der Waals surface area (Å²) in [5.41, 5.74) is 3.54. The molecule has 1 aliphatic rings. The molecule has 1 aliphatic heterocycles. The van der Waals surface area contributed by atoms with Crippen molar-refractivity contribution in [1.29, 1.82) is 0 Å². The zero-order valence-electron chi connectivity index (χ0n) is 24.6. The average Bonchev–Trinajstić information content (AvgIpc) is 3.05. The van der Waals surface area contributed by atoms with Gasteiger partial charge in [0.05, 0.1) is 5.56 Å². The summed E-state index contributed by atoms with van der Waals surface area (Å²) in [5.74, 6) is 0.0397. The van der Waals surface area contributed by atoms with Gasteiger partial charge in [-0.25, -0.2) is 0 Å². The Kier molecular flexibility index (Phi) is 9.80. The predicted molar refractivity (Wildman–Crippen MR) is 167 cm³/mol. The van der Waals surface area contributed by atoms with Gasteiger partial charge in [-0.2, -0.15) is 13.2 Å². The van der Waals surface area contributed by atoms with Crippen LogP contribution in [0.5, 0.6) is 0 Å². The lowest BCUT2D eigenvalue weighted by Gasteiger charge is -2.37. The van der Waals surface area contributed by atoms with Crippen LogP contribution in [0.2, 0.25) is 0 Å². The smallest absolute Gasteiger partial charge is 0.354 e. The van der Waals surface area contributed by atoms with Crippen LogP contribution in [0.15, 0.2) is 103 Å². The molecule has 0 saturated carbocycles. The normalized spacial score (nSPS) is 15.0. The second-order valence-corrected chi connectivity index (χ2v) is 11.1. The molecule has 1 fully saturated rings. The number of carbonyl (C=O) groups excluding carboxylic acids is 2. The van der Waals surface area contributed by atoms with Crippen LogP contribution in [0.1, 0.15) is 65.2 Å². The van der Waals surface area contributed by atoms with Crippen LogP contribution < -0.4 is 10.6 Å². The van der Waals surface area contributed by atoms with Gasteiger partial charge in [0, 0.05) is 17.8 Å². The van der Waals surface area contributed by atoms with Gasteiger partial charge in [-0.15, -0.1) is 0 Å². The van der Waals surface area contributed by atoms with Crippen LogP contribution in [0.3, 0.4) is 0 Å². The van der Waals surface area contributed by atoms with Crippen molar-refractivity contribution >= 4 is 17.5 Å². The zero-order chi connectivity index (χ0) is 31.1. The number of halogens is 3. The van der Waals surface area contributed by atoms with E-state index in [0.29, 0.717) is 34.8 Å². The van der Waals surface area contributed by atoms with E-state index < -0.39 is 11.7 Å². The topological polar surface area (TPSA) is 61.4 Å². The zero-order valence-corrected chi connectivity index (χ0v) is 24.6. The van der Waals surface area contributed by atoms with Gasteiger partial charge in [0.25, 0.3) is 5.91 Å². The Hall–Kier alpha value is -4.43. The number of piperidine rings is 1. The maximum absolute atomic E-state index is 13.2. The summed E-state index contributed by atoms with van der Waals surface area (Å²) in [6.07, 6.45) is -1.71. The lowest BCUT2D eigenvalue weighted by Crippen LogP contribution is -2.44. The quantitative estimate of drug-likeness (QED) is 0.205. The Labute approximate surface area is 256 Å². The van der Waals surface area contributed by atoms with Gasteiger partial charge in [-0.1, -0.05) is 79.7 Å². The molecule has 1 heterocycles. The minimum atomic E-state index is -4.42. The van der Waals surface area contributed by atoms with Crippen molar-refractivity contribution < 1.29 is 22.8 Å². The van der Waals surface area contributed by atoms with E-state index in [1.807, 2.05) is 61.5 Å². The van der Waals surface area contributed by atoms with Gasteiger partial charge in [-0.05, 0) is 90.9 Å². The Balaban J connectivity index is 1.23. The van der Waals surface area contributed by atoms with Crippen molar-refractivity contribution in [2.45, 2.75) is 44.3 Å². The number of rotatable bonds is 9. The van der Waals surface area contributed by atoms with Crippen LogP contribution in [0.25, 0.3) is 11.1 Å². The number of alkyl halides is 3. The van der Waals surface area contributed by atoms with Crippen molar-refractivity contribution in [1.82, 2.24) is 10.2 Å². The summed E-state index contributed by atoms with van der Waals surface area (Å²) in [5, 5.41) is 6.00. The third-order valence-corrected chi connectivity index (χ3v) is 8.14. The fourth-order valence-electron chi connectivity index (χ4n) is 5.81. The molecule has 5 rings (SSSR count). The predicted octanol–water partition coefficient (Wildman–Crippen LogP) is 8.07. The number of likely N-dealkylation sites (tertiary alicyclic amines) is 1. The maximum Gasteiger partial charge on any atom is 0.416 e. The van der Waals surface area contributed by atoms with Crippen molar-refractivity contribution in [2.75, 3.05) is 25.0 Å². The lowest BCUT2D eigenvalue weighted by molar-refractivity contribution is -0.137. The van der Waals surface area contributed by atoms with Crippen LogP contribution in [-0.2, 0) is 11.0 Å². The molecule has 228 valence electrons. The molecular weight excluding hydrogens is 563 g/mol. The number of anilines is 1. The Bertz CT molecular complexity index is 1550. The van der Waals surface area contributed by atoms with Gasteiger partial charge in [0.2, 0.25) is 5.91 Å². The third-order valence-electron chi connectivity index (χ3n) is 8.14. The number of hydrogen-bond acceptors (Lipinski definition) is 3. The van der Waals surface area contributed by atoms with Crippen LogP contribution in [0.4, 0.5) is 18.9 Å². The molecule has 1 atom stereocenters. The lowest BCUT2D eigenvalue weighted by atomic mass is 9.88. The number of amides is 2. The molecule has 0 radical (unpaired) electrons. The van der Waals surface area contributed by atoms with E-state index in [9.17, 15) is 22.8 Å². The highest BCUT2D eigenvalue weighted by Crippen LogP contribution is 2.34. The first-order valence-corrected chi connectivity index (χ1v) is 15.0. The number of benzene rings is 4. The summed E-state index contributed by atoms with van der Waals surface area (Å²) in [7, 11) is 0. The summed E-state index contributed by atoms with van der Waals surface area (Å²) >= 11 is 0. The first kappa shape index (κ1) is 31.0. The minimum absolute atomic E-state index is 0.0384. The van der Waals surface area contributed by atoms with E-state index in [1.54, 1.807) is 24.3 Å². The molecule has 1 saturated heterocycles. The maximum atomic E-state index is 13.2. The molecule has 44 heavy (non-hydrogen) atoms. The second-order valence-electron chi connectivity index (χ2n) is 11.1. The van der Waals surface area contributed by atoms with E-state index >= 15 is 0 Å². The van der Waals surface area contributed by atoms with E-state index in [2.05, 4.69) is 15.5 Å². The first-order chi connectivity index (χ1) is 21.2. The van der Waals surface area contributed by atoms with Crippen LogP contribution in [0, 0.1) is 0 Å². The molecule has 2 amide bonds. The average molecular weight is 600 g/mol. The van der Waals surface area contributed by atoms with Gasteiger partial charge >= 0.3 is 6.18 Å². The summed E-state index contributed by atoms with van der Waals surface area (Å²) in [4.78, 5) is 28.6. The summed E-state index contributed by atoms with van der Waals surface area (Å²) in [6.45, 7) is 4.29. The SMILES string of the molecule is CCCNC(=O)C(c1ccccc1)N1CCC(c2ccc(NC(=O)c3ccccc3-c3ccc(C(F)(F)F)cc3)cc2)CC1. The largest absolute Gasteiger partial charge is 0.416 e. The molecule has 0 bridgehead atoms. The number of hydrogen-bond donors (Lipinski definition) is 2. The highest BCUT2D eigenvalue weighted by Gasteiger charge is 2.32. The molecule has 0 spiro atoms. The Morgan fingerprint density at radius 1 is 0.841 bits per heavy atom. The molecule has 0 aromatic heterocycles. The molecule has 4 aromatic rings. The highest BCUT2D eigenvalue weighted by atomic mass is 19.4. The monoisotopic (exact) mass is 599 g/mol. The van der Waals surface area contributed by atoms with Gasteiger partial charge in [-0.3, -0.25) is 14.5 Å². The van der Waals surface area contributed by atoms with E-state index in [0.717, 1.165) is 50.0 Å². The van der Waals surface area contributed by atoms with E-state index in [-0.39, 0.29) is 17.9 Å². The van der Waals surface area contributed by atoms with Gasteiger partial charge in [0.1, 0.15) is 6.04 Å². The standard InChI is InChI=1S/C36H36F3N3O2/c1-2-22-40-35(44)33(28-8-4-3-5-9-28)42-23-20-26(21-24-42)25-14-18-30(19-15-25)41-34(43)32-11-7-6-10-31(32)27-12-16-29(17-13-27)36(37,38)39/h3-19,26,33H,2,20-24H2,1H3,(H,40,44)(H,41,43). The van der Waals surface area contributed by atoms with Crippen LogP contribution >= 0.6 is 0 Å². The molecule has 8 heteroatoms. The highest BCUT2D eigenvalue weighted by molar-refractivity contribution is 6.08. The van der Waals surface area contributed by atoms with Crippen molar-refractivity contribution in [3.05, 3.63) is 125 Å². The Morgan fingerprint density at radius 2 is 1.48 bits per heavy atom. The van der Waals surface area contributed by atoms with Crippen molar-refractivity contribution in [3.63, 3.8) is 0 Å². The summed E-state index contributed by atoms with van der Waals surface area (Å²) in [6, 6.07) is 29.1. The minimum Gasteiger partial charge on any atom is -0.354 e. The molecule has 0 aliphatic carbocycles. The Morgan fingerprint density at radius 3 is 2.11 bits per heavy atom. The number of carbonyl (C=O) groups is 2.